The van der Waals surface area contributed by atoms with Gasteiger partial charge in [-0.3, -0.25) is 4.79 Å². The molecular formula is C26H32O8. The van der Waals surface area contributed by atoms with E-state index in [1.165, 1.54) is 19.8 Å². The fraction of sp³-hybridized carbons (Fsp3) is 0.423. The molecule has 0 saturated heterocycles. The molecule has 1 aliphatic rings. The van der Waals surface area contributed by atoms with Gasteiger partial charge in [-0.05, 0) is 26.3 Å². The highest BCUT2D eigenvalue weighted by Crippen LogP contribution is 2.45. The van der Waals surface area contributed by atoms with Gasteiger partial charge >= 0.3 is 0 Å². The normalized spacial score (nSPS) is 14.6. The van der Waals surface area contributed by atoms with Gasteiger partial charge in [0.1, 0.15) is 28.9 Å². The van der Waals surface area contributed by atoms with Crippen molar-refractivity contribution >= 4 is 5.78 Å². The Morgan fingerprint density at radius 1 is 1.00 bits per heavy atom. The number of fused-ring (bicyclic) bond motifs is 1. The summed E-state index contributed by atoms with van der Waals surface area (Å²) in [4.78, 5) is 13.3. The van der Waals surface area contributed by atoms with Crippen molar-refractivity contribution in [3.63, 3.8) is 0 Å². The van der Waals surface area contributed by atoms with E-state index in [1.807, 2.05) is 26.0 Å². The lowest BCUT2D eigenvalue weighted by Crippen LogP contribution is -2.23. The molecule has 184 valence electrons. The SMILES string of the molecule is COCOc1cc(OCOC)c2c(c1)OC(c1ccc(OC)c(OC)c1CC=C(C)C)CC2=O. The van der Waals surface area contributed by atoms with E-state index >= 15 is 0 Å². The number of ketones is 1. The third-order valence-corrected chi connectivity index (χ3v) is 5.38. The number of hydrogen-bond donors (Lipinski definition) is 0. The molecule has 3 rings (SSSR count). The van der Waals surface area contributed by atoms with Crippen LogP contribution in [-0.4, -0.2) is 47.8 Å². The number of rotatable bonds is 11. The van der Waals surface area contributed by atoms with E-state index in [1.54, 1.807) is 26.4 Å². The maximum atomic E-state index is 13.3. The van der Waals surface area contributed by atoms with Gasteiger partial charge in [0, 0.05) is 37.5 Å². The van der Waals surface area contributed by atoms with Gasteiger partial charge in [-0.2, -0.15) is 0 Å². The quantitative estimate of drug-likeness (QED) is 0.338. The summed E-state index contributed by atoms with van der Waals surface area (Å²) < 4.78 is 38.8. The zero-order chi connectivity index (χ0) is 24.7. The van der Waals surface area contributed by atoms with Crippen LogP contribution in [0.2, 0.25) is 0 Å². The van der Waals surface area contributed by atoms with Crippen LogP contribution in [0.15, 0.2) is 35.9 Å². The van der Waals surface area contributed by atoms with Gasteiger partial charge in [-0.25, -0.2) is 0 Å². The summed E-state index contributed by atoms with van der Waals surface area (Å²) in [6.07, 6.45) is 2.34. The van der Waals surface area contributed by atoms with Crippen LogP contribution in [0.3, 0.4) is 0 Å². The number of carbonyl (C=O) groups is 1. The Balaban J connectivity index is 2.07. The van der Waals surface area contributed by atoms with Crippen molar-refractivity contribution in [1.29, 1.82) is 0 Å². The molecule has 0 radical (unpaired) electrons. The smallest absolute Gasteiger partial charge is 0.188 e. The van der Waals surface area contributed by atoms with Crippen LogP contribution in [0, 0.1) is 0 Å². The van der Waals surface area contributed by atoms with Crippen molar-refractivity contribution in [3.8, 4) is 28.7 Å². The molecular weight excluding hydrogens is 440 g/mol. The number of benzene rings is 2. The number of allylic oxidation sites excluding steroid dienone is 2. The first-order chi connectivity index (χ1) is 16.4. The van der Waals surface area contributed by atoms with Crippen LogP contribution in [0.25, 0.3) is 0 Å². The zero-order valence-electron chi connectivity index (χ0n) is 20.6. The molecule has 0 aliphatic carbocycles. The number of methoxy groups -OCH3 is 4. The topological polar surface area (TPSA) is 81.7 Å². The van der Waals surface area contributed by atoms with E-state index in [-0.39, 0.29) is 25.8 Å². The van der Waals surface area contributed by atoms with Crippen molar-refractivity contribution in [2.45, 2.75) is 32.8 Å². The van der Waals surface area contributed by atoms with E-state index in [4.69, 9.17) is 33.2 Å². The molecule has 8 nitrogen and oxygen atoms in total. The summed E-state index contributed by atoms with van der Waals surface area (Å²) >= 11 is 0. The molecule has 0 bridgehead atoms. The standard InChI is InChI=1S/C26H32O8/c1-16(2)7-8-19-18(9-10-21(30-5)26(19)31-6)22-13-20(27)25-23(33-15-29-4)11-17(32-14-28-3)12-24(25)34-22/h7,9-12,22H,8,13-15H2,1-6H3. The Bertz CT molecular complexity index is 1040. The van der Waals surface area contributed by atoms with Crippen LogP contribution in [0.5, 0.6) is 28.7 Å². The van der Waals surface area contributed by atoms with Crippen LogP contribution in [-0.2, 0) is 15.9 Å². The first kappa shape index (κ1) is 25.4. The molecule has 2 aromatic rings. The van der Waals surface area contributed by atoms with Gasteiger partial charge in [-0.15, -0.1) is 0 Å². The average Bonchev–Trinajstić information content (AvgIpc) is 2.83. The summed E-state index contributed by atoms with van der Waals surface area (Å²) in [6.45, 7) is 4.10. The minimum absolute atomic E-state index is 0.0145. The second-order valence-corrected chi connectivity index (χ2v) is 7.98. The van der Waals surface area contributed by atoms with Crippen LogP contribution in [0.1, 0.15) is 47.9 Å². The van der Waals surface area contributed by atoms with Gasteiger partial charge in [0.2, 0.25) is 0 Å². The highest BCUT2D eigenvalue weighted by molar-refractivity contribution is 6.03. The second kappa shape index (κ2) is 11.8. The van der Waals surface area contributed by atoms with Crippen molar-refractivity contribution < 1.29 is 38.0 Å². The van der Waals surface area contributed by atoms with Gasteiger partial charge in [0.05, 0.1) is 20.6 Å². The summed E-state index contributed by atoms with van der Waals surface area (Å²) in [5.41, 5.74) is 3.30. The summed E-state index contributed by atoms with van der Waals surface area (Å²) in [5, 5.41) is 0. The average molecular weight is 473 g/mol. The molecule has 0 fully saturated rings. The van der Waals surface area contributed by atoms with Crippen LogP contribution >= 0.6 is 0 Å². The molecule has 1 heterocycles. The maximum absolute atomic E-state index is 13.3. The summed E-state index contributed by atoms with van der Waals surface area (Å²) in [5.74, 6) is 2.32. The molecule has 1 aliphatic heterocycles. The minimum Gasteiger partial charge on any atom is -0.493 e. The van der Waals surface area contributed by atoms with Gasteiger partial charge in [0.15, 0.2) is 30.9 Å². The molecule has 0 saturated carbocycles. The van der Waals surface area contributed by atoms with Crippen molar-refractivity contribution in [1.82, 2.24) is 0 Å². The summed E-state index contributed by atoms with van der Waals surface area (Å²) in [6, 6.07) is 7.06. The molecule has 0 amide bonds. The van der Waals surface area contributed by atoms with Crippen molar-refractivity contribution in [3.05, 3.63) is 52.6 Å². The number of Topliss-reactive ketones (excluding diaryl/α,β-unsaturated/α-hetero) is 1. The maximum Gasteiger partial charge on any atom is 0.188 e. The molecule has 2 aromatic carbocycles. The minimum atomic E-state index is -0.520. The van der Waals surface area contributed by atoms with Crippen molar-refractivity contribution in [2.24, 2.45) is 0 Å². The molecule has 0 aromatic heterocycles. The molecule has 0 spiro atoms. The predicted molar refractivity (Wildman–Crippen MR) is 126 cm³/mol. The molecule has 1 unspecified atom stereocenters. The number of carbonyl (C=O) groups excluding carboxylic acids is 1. The van der Waals surface area contributed by atoms with Crippen LogP contribution < -0.4 is 23.7 Å². The molecule has 0 N–H and O–H groups in total. The summed E-state index contributed by atoms with van der Waals surface area (Å²) in [7, 11) is 6.25. The highest BCUT2D eigenvalue weighted by atomic mass is 16.7. The predicted octanol–water partition coefficient (Wildman–Crippen LogP) is 4.88. The Morgan fingerprint density at radius 2 is 1.74 bits per heavy atom. The van der Waals surface area contributed by atoms with E-state index in [0.717, 1.165) is 11.1 Å². The Labute approximate surface area is 200 Å². The molecule has 34 heavy (non-hydrogen) atoms. The van der Waals surface area contributed by atoms with Crippen LogP contribution in [0.4, 0.5) is 0 Å². The molecule has 1 atom stereocenters. The lowest BCUT2D eigenvalue weighted by molar-refractivity contribution is 0.0439. The lowest BCUT2D eigenvalue weighted by Gasteiger charge is -2.29. The number of ether oxygens (including phenoxy) is 7. The monoisotopic (exact) mass is 472 g/mol. The van der Waals surface area contributed by atoms with E-state index in [9.17, 15) is 4.79 Å². The van der Waals surface area contributed by atoms with E-state index in [2.05, 4.69) is 6.08 Å². The van der Waals surface area contributed by atoms with Crippen molar-refractivity contribution in [2.75, 3.05) is 42.0 Å². The first-order valence-corrected chi connectivity index (χ1v) is 10.9. The Hall–Kier alpha value is -3.23. The number of hydrogen-bond acceptors (Lipinski definition) is 8. The third-order valence-electron chi connectivity index (χ3n) is 5.38. The zero-order valence-corrected chi connectivity index (χ0v) is 20.6. The fourth-order valence-electron chi connectivity index (χ4n) is 3.84. The van der Waals surface area contributed by atoms with Gasteiger partial charge in [-0.1, -0.05) is 17.7 Å². The largest absolute Gasteiger partial charge is 0.493 e. The van der Waals surface area contributed by atoms with Gasteiger partial charge in [0.25, 0.3) is 0 Å². The first-order valence-electron chi connectivity index (χ1n) is 10.9. The van der Waals surface area contributed by atoms with E-state index < -0.39 is 6.10 Å². The molecule has 8 heteroatoms. The second-order valence-electron chi connectivity index (χ2n) is 7.98. The lowest BCUT2D eigenvalue weighted by atomic mass is 9.91. The highest BCUT2D eigenvalue weighted by Gasteiger charge is 2.33. The van der Waals surface area contributed by atoms with E-state index in [0.29, 0.717) is 40.7 Å². The Kier molecular flexibility index (Phi) is 8.79. The van der Waals surface area contributed by atoms with Gasteiger partial charge < -0.3 is 33.2 Å². The third kappa shape index (κ3) is 5.63. The fourth-order valence-corrected chi connectivity index (χ4v) is 3.84. The Morgan fingerprint density at radius 3 is 2.38 bits per heavy atom.